The first-order chi connectivity index (χ1) is 8.08. The maximum Gasteiger partial charge on any atom is 0.0402 e. The Labute approximate surface area is 105 Å². The third kappa shape index (κ3) is 2.56. The van der Waals surface area contributed by atoms with Crippen molar-refractivity contribution in [2.75, 3.05) is 11.5 Å². The van der Waals surface area contributed by atoms with Crippen LogP contribution in [0.15, 0.2) is 0 Å². The van der Waals surface area contributed by atoms with E-state index in [1.807, 2.05) is 0 Å². The molecule has 0 aliphatic rings. The molecule has 0 saturated carbocycles. The maximum atomic E-state index is 6.27. The van der Waals surface area contributed by atoms with Crippen LogP contribution in [0.2, 0.25) is 0 Å². The molecule has 96 valence electrons. The van der Waals surface area contributed by atoms with Gasteiger partial charge < -0.3 is 11.5 Å². The first-order valence-corrected chi connectivity index (χ1v) is 6.76. The summed E-state index contributed by atoms with van der Waals surface area (Å²) in [5.74, 6) is 0. The van der Waals surface area contributed by atoms with Gasteiger partial charge in [-0.15, -0.1) is 0 Å². The van der Waals surface area contributed by atoms with Gasteiger partial charge in [-0.1, -0.05) is 27.2 Å². The van der Waals surface area contributed by atoms with Crippen LogP contribution in [0.5, 0.6) is 0 Å². The van der Waals surface area contributed by atoms with Crippen molar-refractivity contribution in [1.29, 1.82) is 0 Å². The van der Waals surface area contributed by atoms with E-state index in [4.69, 9.17) is 11.5 Å². The summed E-state index contributed by atoms with van der Waals surface area (Å²) >= 11 is 0. The van der Waals surface area contributed by atoms with Gasteiger partial charge >= 0.3 is 0 Å². The summed E-state index contributed by atoms with van der Waals surface area (Å²) in [5.41, 5.74) is 19.4. The minimum atomic E-state index is 0.910. The van der Waals surface area contributed by atoms with E-state index in [9.17, 15) is 0 Å². The molecule has 0 aliphatic heterocycles. The molecule has 2 nitrogen and oxygen atoms in total. The summed E-state index contributed by atoms with van der Waals surface area (Å²) in [6.45, 7) is 8.65. The molecule has 0 aliphatic carbocycles. The zero-order valence-electron chi connectivity index (χ0n) is 11.7. The fourth-order valence-electron chi connectivity index (χ4n) is 2.58. The lowest BCUT2D eigenvalue weighted by Crippen LogP contribution is -2.10. The summed E-state index contributed by atoms with van der Waals surface area (Å²) in [4.78, 5) is 0. The Morgan fingerprint density at radius 1 is 0.824 bits per heavy atom. The molecule has 0 unspecified atom stereocenters. The predicted octanol–water partition coefficient (Wildman–Crippen LogP) is 3.63. The fraction of sp³-hybridized carbons (Fsp3) is 0.600. The quantitative estimate of drug-likeness (QED) is 0.764. The molecule has 0 heterocycles. The van der Waals surface area contributed by atoms with Crippen LogP contribution in [0, 0.1) is 6.92 Å². The minimum absolute atomic E-state index is 0.910. The van der Waals surface area contributed by atoms with E-state index in [1.54, 1.807) is 0 Å². The largest absolute Gasteiger partial charge is 0.398 e. The molecule has 1 rings (SSSR count). The van der Waals surface area contributed by atoms with Crippen LogP contribution in [-0.4, -0.2) is 0 Å². The molecule has 0 fully saturated rings. The highest BCUT2D eigenvalue weighted by Crippen LogP contribution is 2.33. The average molecular weight is 234 g/mol. The van der Waals surface area contributed by atoms with Crippen molar-refractivity contribution < 1.29 is 0 Å². The van der Waals surface area contributed by atoms with E-state index in [0.29, 0.717) is 0 Å². The van der Waals surface area contributed by atoms with E-state index in [2.05, 4.69) is 27.7 Å². The van der Waals surface area contributed by atoms with E-state index < -0.39 is 0 Å². The number of nitrogen functional groups attached to an aromatic ring is 2. The Morgan fingerprint density at radius 3 is 1.88 bits per heavy atom. The number of benzene rings is 1. The SMILES string of the molecule is CCCCc1c(C)c(N)c(CC)c(N)c1CC. The Morgan fingerprint density at radius 2 is 1.41 bits per heavy atom. The van der Waals surface area contributed by atoms with Gasteiger partial charge in [0.1, 0.15) is 0 Å². The van der Waals surface area contributed by atoms with E-state index in [-0.39, 0.29) is 0 Å². The molecule has 0 aromatic heterocycles. The normalized spacial score (nSPS) is 10.8. The van der Waals surface area contributed by atoms with Crippen LogP contribution in [0.1, 0.15) is 55.9 Å². The number of nitrogens with two attached hydrogens (primary N) is 2. The Bertz CT molecular complexity index is 395. The van der Waals surface area contributed by atoms with Gasteiger partial charge in [-0.05, 0) is 54.9 Å². The van der Waals surface area contributed by atoms with Gasteiger partial charge in [0, 0.05) is 11.4 Å². The molecule has 0 amide bonds. The first-order valence-electron chi connectivity index (χ1n) is 6.76. The van der Waals surface area contributed by atoms with Crippen molar-refractivity contribution in [3.05, 3.63) is 22.3 Å². The van der Waals surface area contributed by atoms with Gasteiger partial charge in [0.05, 0.1) is 0 Å². The molecule has 17 heavy (non-hydrogen) atoms. The average Bonchev–Trinajstić information content (AvgIpc) is 2.32. The lowest BCUT2D eigenvalue weighted by atomic mass is 9.89. The van der Waals surface area contributed by atoms with Crippen LogP contribution >= 0.6 is 0 Å². The highest BCUT2D eigenvalue weighted by atomic mass is 14.6. The fourth-order valence-corrected chi connectivity index (χ4v) is 2.58. The Kier molecular flexibility index (Phi) is 4.86. The van der Waals surface area contributed by atoms with Crippen molar-refractivity contribution in [3.8, 4) is 0 Å². The molecule has 0 spiro atoms. The Hall–Kier alpha value is -1.18. The van der Waals surface area contributed by atoms with Gasteiger partial charge in [-0.2, -0.15) is 0 Å². The van der Waals surface area contributed by atoms with Gasteiger partial charge in [-0.3, -0.25) is 0 Å². The zero-order valence-corrected chi connectivity index (χ0v) is 11.7. The zero-order chi connectivity index (χ0) is 13.0. The number of unbranched alkanes of at least 4 members (excludes halogenated alkanes) is 1. The number of rotatable bonds is 5. The second-order valence-electron chi connectivity index (χ2n) is 4.70. The maximum absolute atomic E-state index is 6.27. The number of anilines is 2. The van der Waals surface area contributed by atoms with Crippen molar-refractivity contribution in [2.24, 2.45) is 0 Å². The van der Waals surface area contributed by atoms with Crippen molar-refractivity contribution in [1.82, 2.24) is 0 Å². The third-order valence-electron chi connectivity index (χ3n) is 3.68. The second kappa shape index (κ2) is 5.95. The molecule has 0 bridgehead atoms. The van der Waals surface area contributed by atoms with Crippen molar-refractivity contribution in [3.63, 3.8) is 0 Å². The van der Waals surface area contributed by atoms with Crippen LogP contribution in [0.3, 0.4) is 0 Å². The molecule has 4 N–H and O–H groups in total. The Balaban J connectivity index is 3.37. The van der Waals surface area contributed by atoms with Crippen molar-refractivity contribution in [2.45, 2.75) is 59.8 Å². The van der Waals surface area contributed by atoms with Crippen LogP contribution in [0.25, 0.3) is 0 Å². The standard InChI is InChI=1S/C15H26N2/c1-5-8-9-13-10(4)14(16)12(7-3)15(17)11(13)6-2/h5-9,16-17H2,1-4H3. The molecular weight excluding hydrogens is 208 g/mol. The topological polar surface area (TPSA) is 52.0 Å². The molecular formula is C15H26N2. The summed E-state index contributed by atoms with van der Waals surface area (Å²) in [6, 6.07) is 0. The summed E-state index contributed by atoms with van der Waals surface area (Å²) in [6.07, 6.45) is 5.43. The van der Waals surface area contributed by atoms with E-state index >= 15 is 0 Å². The van der Waals surface area contributed by atoms with Gasteiger partial charge in [0.25, 0.3) is 0 Å². The number of hydrogen-bond acceptors (Lipinski definition) is 2. The highest BCUT2D eigenvalue weighted by Gasteiger charge is 2.15. The monoisotopic (exact) mass is 234 g/mol. The highest BCUT2D eigenvalue weighted by molar-refractivity contribution is 5.72. The number of hydrogen-bond donors (Lipinski definition) is 2. The molecule has 0 atom stereocenters. The minimum Gasteiger partial charge on any atom is -0.398 e. The first kappa shape index (κ1) is 13.9. The van der Waals surface area contributed by atoms with Gasteiger partial charge in [0.15, 0.2) is 0 Å². The summed E-state index contributed by atoms with van der Waals surface area (Å²) in [5, 5.41) is 0. The second-order valence-corrected chi connectivity index (χ2v) is 4.70. The summed E-state index contributed by atoms with van der Waals surface area (Å²) < 4.78 is 0. The smallest absolute Gasteiger partial charge is 0.0402 e. The van der Waals surface area contributed by atoms with Crippen LogP contribution < -0.4 is 11.5 Å². The van der Waals surface area contributed by atoms with Crippen molar-refractivity contribution >= 4 is 11.4 Å². The van der Waals surface area contributed by atoms with Crippen LogP contribution in [-0.2, 0) is 19.3 Å². The molecule has 0 saturated heterocycles. The molecule has 2 heteroatoms. The van der Waals surface area contributed by atoms with Gasteiger partial charge in [-0.25, -0.2) is 0 Å². The lowest BCUT2D eigenvalue weighted by Gasteiger charge is -2.20. The van der Waals surface area contributed by atoms with E-state index in [0.717, 1.165) is 36.2 Å². The summed E-state index contributed by atoms with van der Waals surface area (Å²) in [7, 11) is 0. The molecule has 1 aromatic carbocycles. The predicted molar refractivity (Wildman–Crippen MR) is 77.4 cm³/mol. The van der Waals surface area contributed by atoms with Crippen LogP contribution in [0.4, 0.5) is 11.4 Å². The molecule has 1 aromatic rings. The lowest BCUT2D eigenvalue weighted by molar-refractivity contribution is 0.783. The van der Waals surface area contributed by atoms with E-state index in [1.165, 1.54) is 29.5 Å². The molecule has 0 radical (unpaired) electrons. The third-order valence-corrected chi connectivity index (χ3v) is 3.68. The van der Waals surface area contributed by atoms with Gasteiger partial charge in [0.2, 0.25) is 0 Å².